The minimum absolute atomic E-state index is 0.217. The molecule has 0 atom stereocenters. The molecule has 3 rings (SSSR count). The second-order valence-electron chi connectivity index (χ2n) is 6.47. The molecular formula is C24H24O5. The average molecular weight is 392 g/mol. The van der Waals surface area contributed by atoms with Crippen LogP contribution in [0.15, 0.2) is 72.8 Å². The van der Waals surface area contributed by atoms with E-state index in [9.17, 15) is 4.79 Å². The van der Waals surface area contributed by atoms with Gasteiger partial charge in [0.2, 0.25) is 0 Å². The number of methoxy groups -OCH3 is 2. The molecule has 0 aromatic heterocycles. The van der Waals surface area contributed by atoms with Gasteiger partial charge in [0.15, 0.2) is 0 Å². The zero-order valence-electron chi connectivity index (χ0n) is 16.6. The molecule has 5 nitrogen and oxygen atoms in total. The molecule has 0 aliphatic heterocycles. The van der Waals surface area contributed by atoms with Gasteiger partial charge < -0.3 is 18.9 Å². The van der Waals surface area contributed by atoms with E-state index < -0.39 is 0 Å². The summed E-state index contributed by atoms with van der Waals surface area (Å²) in [6.07, 6.45) is 0.217. The van der Waals surface area contributed by atoms with E-state index in [1.54, 1.807) is 14.2 Å². The minimum atomic E-state index is -0.271. The molecule has 0 bridgehead atoms. The monoisotopic (exact) mass is 392 g/mol. The predicted octanol–water partition coefficient (Wildman–Crippen LogP) is 4.57. The molecule has 0 spiro atoms. The number of ether oxygens (including phenoxy) is 4. The van der Waals surface area contributed by atoms with Gasteiger partial charge in [-0.15, -0.1) is 0 Å². The number of rotatable bonds is 9. The molecule has 0 unspecified atom stereocenters. The summed E-state index contributed by atoms with van der Waals surface area (Å²) in [5, 5.41) is 0. The van der Waals surface area contributed by atoms with E-state index in [-0.39, 0.29) is 19.0 Å². The fourth-order valence-corrected chi connectivity index (χ4v) is 2.70. The van der Waals surface area contributed by atoms with E-state index in [0.717, 1.165) is 33.9 Å². The Kier molecular flexibility index (Phi) is 7.11. The lowest BCUT2D eigenvalue weighted by Gasteiger charge is -2.09. The van der Waals surface area contributed by atoms with Gasteiger partial charge in [-0.25, -0.2) is 0 Å². The third-order valence-electron chi connectivity index (χ3n) is 4.40. The van der Waals surface area contributed by atoms with Crippen LogP contribution in [0.25, 0.3) is 0 Å². The highest BCUT2D eigenvalue weighted by atomic mass is 16.5. The third kappa shape index (κ3) is 6.28. The van der Waals surface area contributed by atoms with E-state index in [4.69, 9.17) is 18.9 Å². The highest BCUT2D eigenvalue weighted by molar-refractivity contribution is 5.72. The van der Waals surface area contributed by atoms with Crippen molar-refractivity contribution in [2.24, 2.45) is 0 Å². The first-order valence-corrected chi connectivity index (χ1v) is 9.29. The summed E-state index contributed by atoms with van der Waals surface area (Å²) in [6.45, 7) is 0.707. The Hall–Kier alpha value is -3.47. The number of carbonyl (C=O) groups excluding carboxylic acids is 1. The Morgan fingerprint density at radius 1 is 0.621 bits per heavy atom. The molecule has 3 aromatic rings. The van der Waals surface area contributed by atoms with Crippen LogP contribution in [0.3, 0.4) is 0 Å². The van der Waals surface area contributed by atoms with Gasteiger partial charge in [-0.2, -0.15) is 0 Å². The van der Waals surface area contributed by atoms with Crippen LogP contribution in [0.5, 0.6) is 17.2 Å². The second kappa shape index (κ2) is 10.2. The van der Waals surface area contributed by atoms with E-state index in [2.05, 4.69) is 0 Å². The molecule has 150 valence electrons. The molecule has 0 N–H and O–H groups in total. The maximum atomic E-state index is 12.1. The van der Waals surface area contributed by atoms with Crippen LogP contribution in [-0.4, -0.2) is 20.2 Å². The molecule has 0 fully saturated rings. The number of hydrogen-bond donors (Lipinski definition) is 0. The molecule has 0 saturated carbocycles. The van der Waals surface area contributed by atoms with Gasteiger partial charge in [0.25, 0.3) is 0 Å². The smallest absolute Gasteiger partial charge is 0.310 e. The second-order valence-corrected chi connectivity index (χ2v) is 6.47. The summed E-state index contributed by atoms with van der Waals surface area (Å²) < 4.78 is 21.4. The Morgan fingerprint density at radius 2 is 1.07 bits per heavy atom. The standard InChI is InChI=1S/C24H24O5/c1-26-21-9-5-19(6-10-21)16-28-23-13-3-18(4-14-23)15-24(25)29-17-20-7-11-22(27-2)12-8-20/h3-14H,15-17H2,1-2H3. The van der Waals surface area contributed by atoms with Crippen molar-refractivity contribution in [2.75, 3.05) is 14.2 Å². The third-order valence-corrected chi connectivity index (χ3v) is 4.40. The predicted molar refractivity (Wildman–Crippen MR) is 110 cm³/mol. The molecule has 0 aliphatic carbocycles. The highest BCUT2D eigenvalue weighted by Crippen LogP contribution is 2.17. The zero-order valence-corrected chi connectivity index (χ0v) is 16.6. The van der Waals surface area contributed by atoms with Crippen molar-refractivity contribution in [1.82, 2.24) is 0 Å². The van der Waals surface area contributed by atoms with Gasteiger partial charge in [-0.05, 0) is 53.1 Å². The molecule has 0 saturated heterocycles. The van der Waals surface area contributed by atoms with Gasteiger partial charge in [0, 0.05) is 0 Å². The van der Waals surface area contributed by atoms with Crippen molar-refractivity contribution in [3.63, 3.8) is 0 Å². The summed E-state index contributed by atoms with van der Waals surface area (Å²) in [4.78, 5) is 12.1. The van der Waals surface area contributed by atoms with Crippen LogP contribution in [0.4, 0.5) is 0 Å². The average Bonchev–Trinajstić information content (AvgIpc) is 2.78. The summed E-state index contributed by atoms with van der Waals surface area (Å²) in [5.41, 5.74) is 2.85. The lowest BCUT2D eigenvalue weighted by Crippen LogP contribution is -2.08. The van der Waals surface area contributed by atoms with E-state index in [1.165, 1.54) is 0 Å². The maximum Gasteiger partial charge on any atom is 0.310 e. The molecule has 0 radical (unpaired) electrons. The van der Waals surface area contributed by atoms with Gasteiger partial charge in [-0.3, -0.25) is 4.79 Å². The van der Waals surface area contributed by atoms with Crippen LogP contribution in [0, 0.1) is 0 Å². The molecule has 5 heteroatoms. The largest absolute Gasteiger partial charge is 0.497 e. The molecule has 0 aliphatic rings. The number of carbonyl (C=O) groups is 1. The maximum absolute atomic E-state index is 12.1. The van der Waals surface area contributed by atoms with Crippen LogP contribution in [0.1, 0.15) is 16.7 Å². The minimum Gasteiger partial charge on any atom is -0.497 e. The van der Waals surface area contributed by atoms with Crippen LogP contribution >= 0.6 is 0 Å². The number of hydrogen-bond acceptors (Lipinski definition) is 5. The molecule has 29 heavy (non-hydrogen) atoms. The van der Waals surface area contributed by atoms with Crippen molar-refractivity contribution in [3.8, 4) is 17.2 Å². The van der Waals surface area contributed by atoms with Gasteiger partial charge in [0.1, 0.15) is 30.5 Å². The van der Waals surface area contributed by atoms with Gasteiger partial charge in [-0.1, -0.05) is 36.4 Å². The quantitative estimate of drug-likeness (QED) is 0.500. The Bertz CT molecular complexity index is 900. The van der Waals surface area contributed by atoms with E-state index >= 15 is 0 Å². The van der Waals surface area contributed by atoms with Crippen molar-refractivity contribution in [1.29, 1.82) is 0 Å². The fourth-order valence-electron chi connectivity index (χ4n) is 2.70. The van der Waals surface area contributed by atoms with Crippen molar-refractivity contribution < 1.29 is 23.7 Å². The topological polar surface area (TPSA) is 54.0 Å². The van der Waals surface area contributed by atoms with Crippen molar-refractivity contribution in [2.45, 2.75) is 19.6 Å². The first kappa shape index (κ1) is 20.3. The van der Waals surface area contributed by atoms with Gasteiger partial charge >= 0.3 is 5.97 Å². The summed E-state index contributed by atoms with van der Waals surface area (Å²) in [6, 6.07) is 22.6. The van der Waals surface area contributed by atoms with Crippen LogP contribution in [-0.2, 0) is 29.2 Å². The van der Waals surface area contributed by atoms with Crippen molar-refractivity contribution in [3.05, 3.63) is 89.5 Å². The van der Waals surface area contributed by atoms with Crippen LogP contribution in [0.2, 0.25) is 0 Å². The molecule has 0 heterocycles. The fraction of sp³-hybridized carbons (Fsp3) is 0.208. The first-order chi connectivity index (χ1) is 14.2. The molecular weight excluding hydrogens is 368 g/mol. The first-order valence-electron chi connectivity index (χ1n) is 9.29. The lowest BCUT2D eigenvalue weighted by molar-refractivity contribution is -0.144. The zero-order chi connectivity index (χ0) is 20.5. The Morgan fingerprint density at radius 3 is 1.59 bits per heavy atom. The molecule has 3 aromatic carbocycles. The number of benzene rings is 3. The van der Waals surface area contributed by atoms with E-state index in [1.807, 2.05) is 72.8 Å². The van der Waals surface area contributed by atoms with Gasteiger partial charge in [0.05, 0.1) is 20.6 Å². The van der Waals surface area contributed by atoms with Crippen molar-refractivity contribution >= 4 is 5.97 Å². The summed E-state index contributed by atoms with van der Waals surface area (Å²) in [5.74, 6) is 2.07. The Balaban J connectivity index is 1.44. The number of esters is 1. The van der Waals surface area contributed by atoms with E-state index in [0.29, 0.717) is 6.61 Å². The normalized spacial score (nSPS) is 10.3. The highest BCUT2D eigenvalue weighted by Gasteiger charge is 2.06. The molecule has 0 amide bonds. The Labute approximate surface area is 170 Å². The summed E-state index contributed by atoms with van der Waals surface area (Å²) >= 11 is 0. The summed E-state index contributed by atoms with van der Waals surface area (Å²) in [7, 11) is 3.26. The van der Waals surface area contributed by atoms with Crippen LogP contribution < -0.4 is 14.2 Å². The SMILES string of the molecule is COc1ccc(COC(=O)Cc2ccc(OCc3ccc(OC)cc3)cc2)cc1. The lowest BCUT2D eigenvalue weighted by atomic mass is 10.1.